The number of imidazole rings is 1. The first-order valence-electron chi connectivity index (χ1n) is 5.37. The third kappa shape index (κ3) is 2.74. The molecule has 16 heavy (non-hydrogen) atoms. The molecular weight excluding hydrogens is 222 g/mol. The van der Waals surface area contributed by atoms with Gasteiger partial charge < -0.3 is 10.7 Å². The number of fused-ring (bicyclic) bond motifs is 1. The van der Waals surface area contributed by atoms with Gasteiger partial charge in [0.2, 0.25) is 0 Å². The molecular formula is C12H16ClN3. The molecule has 0 aliphatic carbocycles. The first-order valence-corrected chi connectivity index (χ1v) is 5.75. The molecule has 0 aliphatic rings. The average Bonchev–Trinajstić information content (AvgIpc) is 2.55. The largest absolute Gasteiger partial charge is 0.342 e. The van der Waals surface area contributed by atoms with Crippen molar-refractivity contribution in [2.45, 2.75) is 32.2 Å². The lowest BCUT2D eigenvalue weighted by atomic mass is 10.0. The van der Waals surface area contributed by atoms with Crippen molar-refractivity contribution in [3.63, 3.8) is 0 Å². The van der Waals surface area contributed by atoms with Gasteiger partial charge in [0.15, 0.2) is 0 Å². The van der Waals surface area contributed by atoms with E-state index in [2.05, 4.69) is 9.97 Å². The number of aromatic amines is 1. The number of nitrogens with one attached hydrogen (secondary N) is 1. The molecule has 4 heteroatoms. The van der Waals surface area contributed by atoms with Crippen molar-refractivity contribution in [2.24, 2.45) is 5.73 Å². The maximum atomic E-state index is 5.94. The van der Waals surface area contributed by atoms with E-state index >= 15 is 0 Å². The molecule has 0 saturated carbocycles. The normalized spacial score (nSPS) is 12.2. The van der Waals surface area contributed by atoms with Crippen LogP contribution in [-0.4, -0.2) is 15.5 Å². The number of H-pyrrole nitrogens is 1. The molecule has 86 valence electrons. The Hall–Kier alpha value is -1.06. The van der Waals surface area contributed by atoms with Crippen molar-refractivity contribution >= 4 is 22.6 Å². The van der Waals surface area contributed by atoms with E-state index in [1.165, 1.54) is 0 Å². The monoisotopic (exact) mass is 237 g/mol. The Labute approximate surface area is 100 Å². The Balaban J connectivity index is 2.20. The summed E-state index contributed by atoms with van der Waals surface area (Å²) >= 11 is 5.91. The van der Waals surface area contributed by atoms with E-state index in [-0.39, 0.29) is 5.54 Å². The van der Waals surface area contributed by atoms with Crippen LogP contribution in [0.2, 0.25) is 5.02 Å². The van der Waals surface area contributed by atoms with Crippen LogP contribution in [0.25, 0.3) is 11.0 Å². The van der Waals surface area contributed by atoms with Crippen molar-refractivity contribution in [1.82, 2.24) is 9.97 Å². The van der Waals surface area contributed by atoms with Gasteiger partial charge in [0.25, 0.3) is 0 Å². The minimum absolute atomic E-state index is 0.156. The van der Waals surface area contributed by atoms with Crippen molar-refractivity contribution in [1.29, 1.82) is 0 Å². The summed E-state index contributed by atoms with van der Waals surface area (Å²) in [6.07, 6.45) is 1.76. The van der Waals surface area contributed by atoms with Gasteiger partial charge in [-0.2, -0.15) is 0 Å². The van der Waals surface area contributed by atoms with Crippen LogP contribution >= 0.6 is 11.6 Å². The van der Waals surface area contributed by atoms with E-state index in [9.17, 15) is 0 Å². The highest BCUT2D eigenvalue weighted by Gasteiger charge is 2.12. The molecule has 1 aromatic carbocycles. The topological polar surface area (TPSA) is 54.7 Å². The predicted octanol–water partition coefficient (Wildman–Crippen LogP) is 2.89. The second kappa shape index (κ2) is 4.07. The fourth-order valence-corrected chi connectivity index (χ4v) is 1.77. The maximum absolute atomic E-state index is 5.94. The molecule has 0 spiro atoms. The molecule has 0 atom stereocenters. The standard InChI is InChI=1S/C12H16ClN3/c1-12(2,14)6-5-11-15-9-4-3-8(13)7-10(9)16-11/h3-4,7H,5-6,14H2,1-2H3,(H,15,16). The molecule has 0 fully saturated rings. The molecule has 2 rings (SSSR count). The van der Waals surface area contributed by atoms with Crippen molar-refractivity contribution in [3.05, 3.63) is 29.0 Å². The molecule has 0 radical (unpaired) electrons. The molecule has 0 unspecified atom stereocenters. The first kappa shape index (κ1) is 11.4. The van der Waals surface area contributed by atoms with E-state index < -0.39 is 0 Å². The minimum Gasteiger partial charge on any atom is -0.342 e. The third-order valence-corrected chi connectivity index (χ3v) is 2.73. The number of rotatable bonds is 3. The highest BCUT2D eigenvalue weighted by atomic mass is 35.5. The van der Waals surface area contributed by atoms with Crippen LogP contribution in [0.5, 0.6) is 0 Å². The fourth-order valence-electron chi connectivity index (χ4n) is 1.59. The molecule has 3 N–H and O–H groups in total. The molecule has 0 aliphatic heterocycles. The zero-order valence-corrected chi connectivity index (χ0v) is 10.3. The zero-order valence-electron chi connectivity index (χ0n) is 9.55. The second-order valence-electron chi connectivity index (χ2n) is 4.83. The maximum Gasteiger partial charge on any atom is 0.107 e. The van der Waals surface area contributed by atoms with Crippen molar-refractivity contribution in [3.8, 4) is 0 Å². The lowest BCUT2D eigenvalue weighted by Gasteiger charge is -2.16. The van der Waals surface area contributed by atoms with Gasteiger partial charge in [0, 0.05) is 17.0 Å². The molecule has 2 aromatic rings. The Morgan fingerprint density at radius 1 is 1.44 bits per heavy atom. The van der Waals surface area contributed by atoms with Crippen LogP contribution < -0.4 is 5.73 Å². The van der Waals surface area contributed by atoms with Gasteiger partial charge >= 0.3 is 0 Å². The van der Waals surface area contributed by atoms with Crippen molar-refractivity contribution < 1.29 is 0 Å². The van der Waals surface area contributed by atoms with Crippen LogP contribution in [0.1, 0.15) is 26.1 Å². The van der Waals surface area contributed by atoms with Crippen LogP contribution in [0.4, 0.5) is 0 Å². The number of hydrogen-bond donors (Lipinski definition) is 2. The fraction of sp³-hybridized carbons (Fsp3) is 0.417. The Kier molecular flexibility index (Phi) is 2.91. The summed E-state index contributed by atoms with van der Waals surface area (Å²) in [5, 5.41) is 0.724. The molecule has 0 bridgehead atoms. The zero-order chi connectivity index (χ0) is 11.8. The first-order chi connectivity index (χ1) is 7.44. The summed E-state index contributed by atoms with van der Waals surface area (Å²) in [6, 6.07) is 5.66. The molecule has 0 amide bonds. The highest BCUT2D eigenvalue weighted by Crippen LogP contribution is 2.18. The Morgan fingerprint density at radius 2 is 2.19 bits per heavy atom. The summed E-state index contributed by atoms with van der Waals surface area (Å²) in [7, 11) is 0. The summed E-state index contributed by atoms with van der Waals surface area (Å²) in [5.41, 5.74) is 7.72. The van der Waals surface area contributed by atoms with Gasteiger partial charge in [-0.25, -0.2) is 4.98 Å². The number of nitrogens with two attached hydrogens (primary N) is 1. The quantitative estimate of drug-likeness (QED) is 0.863. The Bertz CT molecular complexity index is 496. The smallest absolute Gasteiger partial charge is 0.107 e. The molecule has 1 heterocycles. The lowest BCUT2D eigenvalue weighted by Crippen LogP contribution is -2.32. The second-order valence-corrected chi connectivity index (χ2v) is 5.27. The minimum atomic E-state index is -0.156. The van der Waals surface area contributed by atoms with Crippen LogP contribution in [0, 0.1) is 0 Å². The van der Waals surface area contributed by atoms with E-state index in [1.54, 1.807) is 0 Å². The summed E-state index contributed by atoms with van der Waals surface area (Å²) in [6.45, 7) is 4.04. The van der Waals surface area contributed by atoms with Gasteiger partial charge in [0.05, 0.1) is 11.0 Å². The number of aromatic nitrogens is 2. The van der Waals surface area contributed by atoms with E-state index in [1.807, 2.05) is 32.0 Å². The number of nitrogens with zero attached hydrogens (tertiary/aromatic N) is 1. The van der Waals surface area contributed by atoms with Crippen LogP contribution in [0.3, 0.4) is 0 Å². The van der Waals surface area contributed by atoms with Gasteiger partial charge in [0.1, 0.15) is 5.82 Å². The number of halogens is 1. The van der Waals surface area contributed by atoms with Gasteiger partial charge in [-0.05, 0) is 38.5 Å². The molecule has 0 saturated heterocycles. The average molecular weight is 238 g/mol. The molecule has 3 nitrogen and oxygen atoms in total. The number of aryl methyl sites for hydroxylation is 1. The third-order valence-electron chi connectivity index (χ3n) is 2.50. The van der Waals surface area contributed by atoms with E-state index in [4.69, 9.17) is 17.3 Å². The number of benzene rings is 1. The van der Waals surface area contributed by atoms with Gasteiger partial charge in [-0.15, -0.1) is 0 Å². The van der Waals surface area contributed by atoms with Gasteiger partial charge in [-0.1, -0.05) is 11.6 Å². The number of hydrogen-bond acceptors (Lipinski definition) is 2. The lowest BCUT2D eigenvalue weighted by molar-refractivity contribution is 0.472. The predicted molar refractivity (Wildman–Crippen MR) is 67.7 cm³/mol. The van der Waals surface area contributed by atoms with Crippen LogP contribution in [0.15, 0.2) is 18.2 Å². The van der Waals surface area contributed by atoms with E-state index in [0.717, 1.165) is 34.7 Å². The van der Waals surface area contributed by atoms with Crippen LogP contribution in [-0.2, 0) is 6.42 Å². The van der Waals surface area contributed by atoms with Gasteiger partial charge in [-0.3, -0.25) is 0 Å². The summed E-state index contributed by atoms with van der Waals surface area (Å²) in [4.78, 5) is 7.75. The SMILES string of the molecule is CC(C)(N)CCc1nc2ccc(Cl)cc2[nH]1. The molecule has 1 aromatic heterocycles. The summed E-state index contributed by atoms with van der Waals surface area (Å²) < 4.78 is 0. The summed E-state index contributed by atoms with van der Waals surface area (Å²) in [5.74, 6) is 0.968. The highest BCUT2D eigenvalue weighted by molar-refractivity contribution is 6.31. The van der Waals surface area contributed by atoms with Crippen molar-refractivity contribution in [2.75, 3.05) is 0 Å². The Morgan fingerprint density at radius 3 is 2.88 bits per heavy atom. The van der Waals surface area contributed by atoms with E-state index in [0.29, 0.717) is 0 Å².